The molecular formula is C6H12N2O3S. The molecule has 0 saturated carbocycles. The van der Waals surface area contributed by atoms with Crippen LogP contribution in [0.25, 0.3) is 0 Å². The zero-order valence-corrected chi connectivity index (χ0v) is 7.50. The second-order valence-electron chi connectivity index (χ2n) is 2.77. The van der Waals surface area contributed by atoms with Crippen LogP contribution in [0.15, 0.2) is 0 Å². The highest BCUT2D eigenvalue weighted by molar-refractivity contribution is 7.69. The van der Waals surface area contributed by atoms with Gasteiger partial charge in [0.25, 0.3) is 0 Å². The van der Waals surface area contributed by atoms with Gasteiger partial charge in [-0.2, -0.15) is 0 Å². The first-order valence-electron chi connectivity index (χ1n) is 3.83. The summed E-state index contributed by atoms with van der Waals surface area (Å²) < 4.78 is 22.5. The normalized spacial score (nSPS) is 25.6. The number of carbonyl (C=O) groups is 1. The van der Waals surface area contributed by atoms with Crippen molar-refractivity contribution in [3.05, 3.63) is 0 Å². The van der Waals surface area contributed by atoms with Crippen LogP contribution in [0.5, 0.6) is 0 Å². The molecule has 1 fully saturated rings. The SMILES string of the molecule is O=CNC1CCCN([SH](=O)=O)C1. The summed E-state index contributed by atoms with van der Waals surface area (Å²) in [5.41, 5.74) is 0. The van der Waals surface area contributed by atoms with Crippen molar-refractivity contribution in [2.75, 3.05) is 13.1 Å². The molecule has 0 aromatic rings. The van der Waals surface area contributed by atoms with Crippen LogP contribution in [0, 0.1) is 0 Å². The number of nitrogens with zero attached hydrogens (tertiary/aromatic N) is 1. The maximum atomic E-state index is 10.6. The monoisotopic (exact) mass is 192 g/mol. The number of amides is 1. The molecule has 12 heavy (non-hydrogen) atoms. The second-order valence-corrected chi connectivity index (χ2v) is 3.82. The van der Waals surface area contributed by atoms with Crippen molar-refractivity contribution in [3.8, 4) is 0 Å². The lowest BCUT2D eigenvalue weighted by Crippen LogP contribution is -2.44. The van der Waals surface area contributed by atoms with Crippen molar-refractivity contribution >= 4 is 17.3 Å². The highest BCUT2D eigenvalue weighted by atomic mass is 32.2. The predicted octanol–water partition coefficient (Wildman–Crippen LogP) is -1.28. The number of carbonyl (C=O) groups excluding carboxylic acids is 1. The Morgan fingerprint density at radius 3 is 2.83 bits per heavy atom. The fraction of sp³-hybridized carbons (Fsp3) is 0.833. The molecule has 0 bridgehead atoms. The van der Waals surface area contributed by atoms with Crippen LogP contribution in [0.2, 0.25) is 0 Å². The van der Waals surface area contributed by atoms with E-state index < -0.39 is 10.9 Å². The van der Waals surface area contributed by atoms with Gasteiger partial charge in [0.1, 0.15) is 0 Å². The van der Waals surface area contributed by atoms with Crippen molar-refractivity contribution < 1.29 is 13.2 Å². The predicted molar refractivity (Wildman–Crippen MR) is 44.1 cm³/mol. The molecule has 6 heteroatoms. The zero-order valence-electron chi connectivity index (χ0n) is 6.60. The molecule has 0 aromatic carbocycles. The Morgan fingerprint density at radius 2 is 2.25 bits per heavy atom. The van der Waals surface area contributed by atoms with E-state index in [9.17, 15) is 13.2 Å². The Kier molecular flexibility index (Phi) is 3.48. The van der Waals surface area contributed by atoms with E-state index in [0.717, 1.165) is 12.8 Å². The Balaban J connectivity index is 2.45. The fourth-order valence-electron chi connectivity index (χ4n) is 1.34. The molecule has 1 N–H and O–H groups in total. The molecule has 0 aromatic heterocycles. The van der Waals surface area contributed by atoms with Gasteiger partial charge in [0.15, 0.2) is 0 Å². The molecule has 70 valence electrons. The van der Waals surface area contributed by atoms with Gasteiger partial charge in [-0.15, -0.1) is 0 Å². The third kappa shape index (κ3) is 2.46. The van der Waals surface area contributed by atoms with Crippen molar-refractivity contribution in [1.29, 1.82) is 0 Å². The molecule has 1 atom stereocenters. The fourth-order valence-corrected chi connectivity index (χ4v) is 1.97. The highest BCUT2D eigenvalue weighted by Gasteiger charge is 2.20. The van der Waals surface area contributed by atoms with E-state index in [2.05, 4.69) is 5.32 Å². The molecule has 1 amide bonds. The van der Waals surface area contributed by atoms with Crippen LogP contribution in [-0.4, -0.2) is 38.3 Å². The van der Waals surface area contributed by atoms with Gasteiger partial charge in [0, 0.05) is 19.1 Å². The molecule has 1 rings (SSSR count). The zero-order chi connectivity index (χ0) is 8.97. The molecule has 0 radical (unpaired) electrons. The largest absolute Gasteiger partial charge is 0.355 e. The van der Waals surface area contributed by atoms with Gasteiger partial charge >= 0.3 is 0 Å². The van der Waals surface area contributed by atoms with E-state index in [0.29, 0.717) is 19.5 Å². The summed E-state index contributed by atoms with van der Waals surface area (Å²) in [5.74, 6) is 0. The molecule has 1 aliphatic rings. The molecular weight excluding hydrogens is 180 g/mol. The van der Waals surface area contributed by atoms with Gasteiger partial charge in [-0.1, -0.05) is 0 Å². The van der Waals surface area contributed by atoms with E-state index in [1.807, 2.05) is 0 Å². The average Bonchev–Trinajstić information content (AvgIpc) is 2.05. The van der Waals surface area contributed by atoms with Crippen molar-refractivity contribution in [1.82, 2.24) is 9.62 Å². The number of hydrogen-bond acceptors (Lipinski definition) is 3. The first kappa shape index (κ1) is 9.47. The second kappa shape index (κ2) is 4.42. The van der Waals surface area contributed by atoms with Gasteiger partial charge in [-0.05, 0) is 12.8 Å². The van der Waals surface area contributed by atoms with Crippen molar-refractivity contribution in [3.63, 3.8) is 0 Å². The molecule has 0 aliphatic carbocycles. The summed E-state index contributed by atoms with van der Waals surface area (Å²) in [6, 6.07) is -0.0100. The summed E-state index contributed by atoms with van der Waals surface area (Å²) in [6.45, 7) is 0.993. The summed E-state index contributed by atoms with van der Waals surface area (Å²) in [5, 5.41) is 2.58. The Hall–Kier alpha value is -0.620. The first-order chi connectivity index (χ1) is 5.74. The van der Waals surface area contributed by atoms with Crippen LogP contribution < -0.4 is 5.32 Å². The van der Waals surface area contributed by atoms with Crippen molar-refractivity contribution in [2.45, 2.75) is 18.9 Å². The van der Waals surface area contributed by atoms with E-state index >= 15 is 0 Å². The Bertz CT molecular complexity index is 221. The minimum atomic E-state index is -2.48. The maximum absolute atomic E-state index is 10.6. The number of thiol groups is 1. The summed E-state index contributed by atoms with van der Waals surface area (Å²) in [4.78, 5) is 10.1. The third-order valence-corrected chi connectivity index (χ3v) is 2.76. The van der Waals surface area contributed by atoms with Gasteiger partial charge in [-0.3, -0.25) is 4.79 Å². The number of hydrogen-bond donors (Lipinski definition) is 2. The average molecular weight is 192 g/mol. The summed E-state index contributed by atoms with van der Waals surface area (Å²) in [6.07, 6.45) is 2.29. The van der Waals surface area contributed by atoms with E-state index in [1.165, 1.54) is 4.31 Å². The number of rotatable bonds is 3. The number of piperidine rings is 1. The van der Waals surface area contributed by atoms with Crippen LogP contribution in [0.1, 0.15) is 12.8 Å². The quantitative estimate of drug-likeness (QED) is 0.432. The third-order valence-electron chi connectivity index (χ3n) is 1.93. The van der Waals surface area contributed by atoms with Crippen LogP contribution in [-0.2, 0) is 15.7 Å². The van der Waals surface area contributed by atoms with Crippen LogP contribution in [0.4, 0.5) is 0 Å². The minimum Gasteiger partial charge on any atom is -0.355 e. The van der Waals surface area contributed by atoms with E-state index in [-0.39, 0.29) is 6.04 Å². The van der Waals surface area contributed by atoms with Crippen LogP contribution in [0.3, 0.4) is 0 Å². The maximum Gasteiger partial charge on any atom is 0.207 e. The Labute approximate surface area is 72.8 Å². The van der Waals surface area contributed by atoms with Crippen LogP contribution >= 0.6 is 0 Å². The first-order valence-corrected chi connectivity index (χ1v) is 4.96. The molecule has 5 nitrogen and oxygen atoms in total. The molecule has 1 unspecified atom stereocenters. The van der Waals surface area contributed by atoms with Gasteiger partial charge < -0.3 is 5.32 Å². The standard InChI is InChI=1S/C6H12N2O3S/c9-5-7-6-2-1-3-8(4-6)12(10)11/h5-6,12H,1-4H2,(H,7,9). The van der Waals surface area contributed by atoms with Crippen molar-refractivity contribution in [2.24, 2.45) is 0 Å². The molecule has 0 spiro atoms. The molecule has 1 aliphatic heterocycles. The smallest absolute Gasteiger partial charge is 0.207 e. The van der Waals surface area contributed by atoms with Gasteiger partial charge in [0.05, 0.1) is 0 Å². The topological polar surface area (TPSA) is 66.5 Å². The lowest BCUT2D eigenvalue weighted by molar-refractivity contribution is -0.110. The summed E-state index contributed by atoms with van der Waals surface area (Å²) >= 11 is 0. The Morgan fingerprint density at radius 1 is 1.50 bits per heavy atom. The summed E-state index contributed by atoms with van der Waals surface area (Å²) in [7, 11) is -2.48. The van der Waals surface area contributed by atoms with Gasteiger partial charge in [-0.25, -0.2) is 12.7 Å². The minimum absolute atomic E-state index is 0.0100. The molecule has 1 saturated heterocycles. The highest BCUT2D eigenvalue weighted by Crippen LogP contribution is 2.08. The van der Waals surface area contributed by atoms with E-state index in [4.69, 9.17) is 0 Å². The van der Waals surface area contributed by atoms with E-state index in [1.54, 1.807) is 0 Å². The van der Waals surface area contributed by atoms with Gasteiger partial charge in [0.2, 0.25) is 17.3 Å². The molecule has 1 heterocycles. The lowest BCUT2D eigenvalue weighted by Gasteiger charge is -2.27. The number of nitrogens with one attached hydrogen (secondary N) is 1. The lowest BCUT2D eigenvalue weighted by atomic mass is 10.1.